The molecular formula is C22H27Cl2N3O3S. The fraction of sp³-hybridized carbons (Fsp3) is 0.455. The van der Waals surface area contributed by atoms with E-state index in [-0.39, 0.29) is 12.5 Å². The topological polar surface area (TPSA) is 61.9 Å². The number of nitrogens with one attached hydrogen (secondary N) is 1. The average molecular weight is 484 g/mol. The fourth-order valence-corrected chi connectivity index (χ4v) is 4.97. The van der Waals surface area contributed by atoms with Crippen LogP contribution in [-0.4, -0.2) is 61.0 Å². The summed E-state index contributed by atoms with van der Waals surface area (Å²) in [6.07, 6.45) is 0.796. The molecule has 0 bridgehead atoms. The van der Waals surface area contributed by atoms with Crippen LogP contribution >= 0.6 is 34.5 Å². The molecule has 1 fully saturated rings. The van der Waals surface area contributed by atoms with Gasteiger partial charge in [0, 0.05) is 53.2 Å². The molecule has 0 unspecified atom stereocenters. The second-order valence-corrected chi connectivity index (χ2v) is 9.28. The molecule has 1 aliphatic heterocycles. The SMILES string of the molecule is CCOC(=O)c1cc(CC)sc1NC(=O)CN1CCN(Cc2c(Cl)cccc2Cl)CC1. The Morgan fingerprint density at radius 3 is 2.35 bits per heavy atom. The van der Waals surface area contributed by atoms with E-state index in [1.54, 1.807) is 13.0 Å². The Morgan fingerprint density at radius 1 is 1.10 bits per heavy atom. The normalized spacial score (nSPS) is 15.1. The molecule has 0 atom stereocenters. The van der Waals surface area contributed by atoms with Crippen LogP contribution in [0.2, 0.25) is 10.0 Å². The van der Waals surface area contributed by atoms with E-state index < -0.39 is 5.97 Å². The molecule has 1 amide bonds. The van der Waals surface area contributed by atoms with Gasteiger partial charge in [-0.05, 0) is 31.5 Å². The van der Waals surface area contributed by atoms with E-state index in [1.807, 2.05) is 25.1 Å². The molecule has 0 aliphatic carbocycles. The smallest absolute Gasteiger partial charge is 0.341 e. The van der Waals surface area contributed by atoms with Crippen molar-refractivity contribution in [2.24, 2.45) is 0 Å². The maximum absolute atomic E-state index is 12.6. The number of carbonyl (C=O) groups excluding carboxylic acids is 2. The zero-order valence-corrected chi connectivity index (χ0v) is 20.1. The minimum absolute atomic E-state index is 0.127. The highest BCUT2D eigenvalue weighted by Crippen LogP contribution is 2.29. The van der Waals surface area contributed by atoms with Gasteiger partial charge < -0.3 is 10.1 Å². The Balaban J connectivity index is 1.53. The number of halogens is 2. The summed E-state index contributed by atoms with van der Waals surface area (Å²) in [4.78, 5) is 30.3. The third kappa shape index (κ3) is 6.43. The molecule has 1 aromatic heterocycles. The van der Waals surface area contributed by atoms with Crippen LogP contribution in [0.5, 0.6) is 0 Å². The Hall–Kier alpha value is -1.64. The van der Waals surface area contributed by atoms with Crippen LogP contribution in [-0.2, 0) is 22.5 Å². The first-order chi connectivity index (χ1) is 14.9. The van der Waals surface area contributed by atoms with Crippen molar-refractivity contribution in [3.8, 4) is 0 Å². The lowest BCUT2D eigenvalue weighted by atomic mass is 10.2. The summed E-state index contributed by atoms with van der Waals surface area (Å²) < 4.78 is 5.12. The minimum Gasteiger partial charge on any atom is -0.462 e. The van der Waals surface area contributed by atoms with Crippen LogP contribution < -0.4 is 5.32 Å². The number of aryl methyl sites for hydroxylation is 1. The van der Waals surface area contributed by atoms with Gasteiger partial charge in [0.05, 0.1) is 18.7 Å². The molecule has 6 nitrogen and oxygen atoms in total. The van der Waals surface area contributed by atoms with Crippen molar-refractivity contribution in [3.63, 3.8) is 0 Å². The molecule has 0 saturated carbocycles. The number of esters is 1. The van der Waals surface area contributed by atoms with E-state index in [1.165, 1.54) is 11.3 Å². The molecule has 168 valence electrons. The molecule has 1 saturated heterocycles. The highest BCUT2D eigenvalue weighted by molar-refractivity contribution is 7.16. The van der Waals surface area contributed by atoms with Gasteiger partial charge >= 0.3 is 5.97 Å². The number of hydrogen-bond acceptors (Lipinski definition) is 6. The van der Waals surface area contributed by atoms with Crippen molar-refractivity contribution in [2.75, 3.05) is 44.6 Å². The predicted octanol–water partition coefficient (Wildman–Crippen LogP) is 4.55. The van der Waals surface area contributed by atoms with Crippen molar-refractivity contribution < 1.29 is 14.3 Å². The highest BCUT2D eigenvalue weighted by Gasteiger charge is 2.23. The monoisotopic (exact) mass is 483 g/mol. The Kier molecular flexibility index (Phi) is 8.75. The first kappa shape index (κ1) is 24.0. The van der Waals surface area contributed by atoms with Gasteiger partial charge in [-0.25, -0.2) is 4.79 Å². The minimum atomic E-state index is -0.402. The van der Waals surface area contributed by atoms with Gasteiger partial charge in [-0.15, -0.1) is 11.3 Å². The van der Waals surface area contributed by atoms with Crippen LogP contribution in [0, 0.1) is 0 Å². The van der Waals surface area contributed by atoms with Crippen LogP contribution in [0.1, 0.15) is 34.6 Å². The van der Waals surface area contributed by atoms with Gasteiger partial charge in [-0.3, -0.25) is 14.6 Å². The standard InChI is InChI=1S/C22H27Cl2N3O3S/c1-3-15-12-16(22(29)30-4-2)21(31-15)25-20(28)14-27-10-8-26(9-11-27)13-17-18(23)6-5-7-19(17)24/h5-7,12H,3-4,8-11,13-14H2,1-2H3,(H,25,28). The van der Waals surface area contributed by atoms with E-state index >= 15 is 0 Å². The van der Waals surface area contributed by atoms with Crippen molar-refractivity contribution in [2.45, 2.75) is 26.8 Å². The largest absolute Gasteiger partial charge is 0.462 e. The third-order valence-corrected chi connectivity index (χ3v) is 7.06. The first-order valence-corrected chi connectivity index (χ1v) is 12.0. The van der Waals surface area contributed by atoms with E-state index in [4.69, 9.17) is 27.9 Å². The zero-order chi connectivity index (χ0) is 22.4. The molecule has 2 heterocycles. The molecular weight excluding hydrogens is 457 g/mol. The second-order valence-electron chi connectivity index (χ2n) is 7.33. The number of piperazine rings is 1. The van der Waals surface area contributed by atoms with Crippen LogP contribution in [0.3, 0.4) is 0 Å². The van der Waals surface area contributed by atoms with E-state index in [9.17, 15) is 9.59 Å². The maximum atomic E-state index is 12.6. The van der Waals surface area contributed by atoms with E-state index in [2.05, 4.69) is 15.1 Å². The number of benzene rings is 1. The molecule has 1 aromatic carbocycles. The van der Waals surface area contributed by atoms with Gasteiger partial charge in [0.15, 0.2) is 0 Å². The van der Waals surface area contributed by atoms with Gasteiger partial charge in [0.25, 0.3) is 0 Å². The molecule has 1 aliphatic rings. The fourth-order valence-electron chi connectivity index (χ4n) is 3.45. The number of ether oxygens (including phenoxy) is 1. The highest BCUT2D eigenvalue weighted by atomic mass is 35.5. The molecule has 3 rings (SSSR count). The molecule has 0 spiro atoms. The predicted molar refractivity (Wildman–Crippen MR) is 126 cm³/mol. The van der Waals surface area contributed by atoms with Crippen molar-refractivity contribution >= 4 is 51.4 Å². The number of amides is 1. The molecule has 1 N–H and O–H groups in total. The summed E-state index contributed by atoms with van der Waals surface area (Å²) in [7, 11) is 0. The molecule has 2 aromatic rings. The first-order valence-electron chi connectivity index (χ1n) is 10.4. The van der Waals surface area contributed by atoms with Crippen LogP contribution in [0.25, 0.3) is 0 Å². The maximum Gasteiger partial charge on any atom is 0.341 e. The van der Waals surface area contributed by atoms with Crippen molar-refractivity contribution in [3.05, 3.63) is 50.3 Å². The van der Waals surface area contributed by atoms with E-state index in [0.717, 1.165) is 43.0 Å². The van der Waals surface area contributed by atoms with Gasteiger partial charge in [-0.1, -0.05) is 36.2 Å². The molecule has 9 heteroatoms. The number of hydrogen-bond donors (Lipinski definition) is 1. The van der Waals surface area contributed by atoms with Crippen molar-refractivity contribution in [1.82, 2.24) is 9.80 Å². The lowest BCUT2D eigenvalue weighted by Crippen LogP contribution is -2.48. The number of nitrogens with zero attached hydrogens (tertiary/aromatic N) is 2. The van der Waals surface area contributed by atoms with Gasteiger partial charge in [0.1, 0.15) is 5.00 Å². The number of rotatable bonds is 8. The Bertz CT molecular complexity index is 906. The van der Waals surface area contributed by atoms with Crippen molar-refractivity contribution in [1.29, 1.82) is 0 Å². The van der Waals surface area contributed by atoms with Gasteiger partial charge in [0.2, 0.25) is 5.91 Å². The third-order valence-electron chi connectivity index (χ3n) is 5.16. The Labute approximate surface area is 197 Å². The molecule has 0 radical (unpaired) electrons. The Morgan fingerprint density at radius 2 is 1.74 bits per heavy atom. The second kappa shape index (κ2) is 11.3. The summed E-state index contributed by atoms with van der Waals surface area (Å²) >= 11 is 14.0. The zero-order valence-electron chi connectivity index (χ0n) is 17.7. The summed E-state index contributed by atoms with van der Waals surface area (Å²) in [6.45, 7) is 8.23. The quantitative estimate of drug-likeness (QED) is 0.557. The summed E-state index contributed by atoms with van der Waals surface area (Å²) in [5, 5.41) is 4.82. The summed E-state index contributed by atoms with van der Waals surface area (Å²) in [5.41, 5.74) is 1.37. The average Bonchev–Trinajstić information content (AvgIpc) is 3.15. The van der Waals surface area contributed by atoms with E-state index in [0.29, 0.717) is 33.8 Å². The summed E-state index contributed by atoms with van der Waals surface area (Å²) in [5.74, 6) is -0.529. The van der Waals surface area contributed by atoms with Crippen LogP contribution in [0.15, 0.2) is 24.3 Å². The summed E-state index contributed by atoms with van der Waals surface area (Å²) in [6, 6.07) is 7.34. The lowest BCUT2D eigenvalue weighted by Gasteiger charge is -2.34. The number of carbonyl (C=O) groups is 2. The van der Waals surface area contributed by atoms with Gasteiger partial charge in [-0.2, -0.15) is 0 Å². The number of anilines is 1. The number of thiophene rings is 1. The lowest BCUT2D eigenvalue weighted by molar-refractivity contribution is -0.117. The molecule has 31 heavy (non-hydrogen) atoms. The van der Waals surface area contributed by atoms with Crippen LogP contribution in [0.4, 0.5) is 5.00 Å².